The number of carboxylic acid groups (broad SMARTS) is 1. The Balaban J connectivity index is 2.83. The van der Waals surface area contributed by atoms with Gasteiger partial charge in [-0.3, -0.25) is 0 Å². The molecule has 1 N–H and O–H groups in total. The van der Waals surface area contributed by atoms with E-state index in [4.69, 9.17) is 5.11 Å². The number of carboxylic acids is 1. The van der Waals surface area contributed by atoms with Gasteiger partial charge in [-0.2, -0.15) is 5.10 Å². The highest BCUT2D eigenvalue weighted by atomic mass is 79.9. The van der Waals surface area contributed by atoms with Crippen LogP contribution in [0.5, 0.6) is 0 Å². The normalized spacial score (nSPS) is 10.5. The molecular formula is C7H4BrN3O2. The van der Waals surface area contributed by atoms with Crippen LogP contribution >= 0.6 is 15.9 Å². The number of hydrogen-bond donors (Lipinski definition) is 1. The largest absolute Gasteiger partial charge is 0.477 e. The molecule has 6 heteroatoms. The summed E-state index contributed by atoms with van der Waals surface area (Å²) >= 11 is 3.23. The van der Waals surface area contributed by atoms with Crippen molar-refractivity contribution in [3.05, 3.63) is 28.6 Å². The quantitative estimate of drug-likeness (QED) is 0.762. The van der Waals surface area contributed by atoms with Crippen LogP contribution in [0.1, 0.15) is 10.4 Å². The van der Waals surface area contributed by atoms with Gasteiger partial charge in [0.15, 0.2) is 5.65 Å². The average molecular weight is 242 g/mol. The Labute approximate surface area is 81.1 Å². The van der Waals surface area contributed by atoms with E-state index in [1.165, 1.54) is 16.9 Å². The lowest BCUT2D eigenvalue weighted by molar-refractivity contribution is 0.0699. The van der Waals surface area contributed by atoms with Crippen LogP contribution in [0.2, 0.25) is 0 Å². The lowest BCUT2D eigenvalue weighted by atomic mass is 10.3. The van der Waals surface area contributed by atoms with Crippen molar-refractivity contribution in [1.29, 1.82) is 0 Å². The van der Waals surface area contributed by atoms with Crippen LogP contribution in [0, 0.1) is 0 Å². The van der Waals surface area contributed by atoms with Gasteiger partial charge >= 0.3 is 5.97 Å². The first-order chi connectivity index (χ1) is 6.20. The van der Waals surface area contributed by atoms with Gasteiger partial charge in [0.05, 0.1) is 6.20 Å². The zero-order valence-corrected chi connectivity index (χ0v) is 7.89. The molecule has 0 fully saturated rings. The molecule has 2 aromatic rings. The fraction of sp³-hybridized carbons (Fsp3) is 0. The number of aromatic nitrogens is 3. The van der Waals surface area contributed by atoms with Crippen molar-refractivity contribution in [3.63, 3.8) is 0 Å². The van der Waals surface area contributed by atoms with E-state index in [-0.39, 0.29) is 5.56 Å². The third-order valence-electron chi connectivity index (χ3n) is 1.59. The molecule has 0 radical (unpaired) electrons. The van der Waals surface area contributed by atoms with Gasteiger partial charge in [-0.25, -0.2) is 14.3 Å². The van der Waals surface area contributed by atoms with Gasteiger partial charge in [0.25, 0.3) is 0 Å². The lowest BCUT2D eigenvalue weighted by Crippen LogP contribution is -1.97. The maximum Gasteiger partial charge on any atom is 0.341 e. The fourth-order valence-electron chi connectivity index (χ4n) is 1.01. The molecule has 5 nitrogen and oxygen atoms in total. The molecule has 66 valence electrons. The molecule has 0 bridgehead atoms. The highest BCUT2D eigenvalue weighted by molar-refractivity contribution is 9.10. The second-order valence-corrected chi connectivity index (χ2v) is 3.18. The van der Waals surface area contributed by atoms with Crippen molar-refractivity contribution in [3.8, 4) is 0 Å². The minimum absolute atomic E-state index is 0.0984. The molecule has 0 atom stereocenters. The van der Waals surface area contributed by atoms with E-state index in [1.54, 1.807) is 6.07 Å². The third kappa shape index (κ3) is 1.19. The van der Waals surface area contributed by atoms with E-state index in [9.17, 15) is 4.79 Å². The Kier molecular flexibility index (Phi) is 1.77. The zero-order chi connectivity index (χ0) is 9.42. The number of nitrogens with zero attached hydrogens (tertiary/aromatic N) is 3. The molecule has 13 heavy (non-hydrogen) atoms. The van der Waals surface area contributed by atoms with Gasteiger partial charge in [0, 0.05) is 6.20 Å². The molecule has 0 saturated heterocycles. The Morgan fingerprint density at radius 1 is 1.62 bits per heavy atom. The summed E-state index contributed by atoms with van der Waals surface area (Å²) in [6, 6.07) is 1.69. The van der Waals surface area contributed by atoms with Crippen molar-refractivity contribution in [2.45, 2.75) is 0 Å². The molecule has 0 amide bonds. The summed E-state index contributed by atoms with van der Waals surface area (Å²) in [5.41, 5.74) is 0.433. The molecule has 0 unspecified atom stereocenters. The second-order valence-electron chi connectivity index (χ2n) is 2.37. The molecule has 0 aliphatic rings. The number of fused-ring (bicyclic) bond motifs is 1. The first-order valence-corrected chi connectivity index (χ1v) is 4.21. The van der Waals surface area contributed by atoms with Crippen LogP contribution < -0.4 is 0 Å². The summed E-state index contributed by atoms with van der Waals surface area (Å²) in [6.45, 7) is 0. The SMILES string of the molecule is O=C(O)c1cnn2c(Br)ccnc12. The lowest BCUT2D eigenvalue weighted by Gasteiger charge is -1.94. The standard InChI is InChI=1S/C7H4BrN3O2/c8-5-1-2-9-6-4(7(12)13)3-10-11(5)6/h1-3H,(H,12,13). The van der Waals surface area contributed by atoms with Crippen molar-refractivity contribution >= 4 is 27.5 Å². The van der Waals surface area contributed by atoms with Crippen molar-refractivity contribution in [2.75, 3.05) is 0 Å². The Hall–Kier alpha value is -1.43. The molecule has 0 spiro atoms. The van der Waals surface area contributed by atoms with Crippen LogP contribution in [0.4, 0.5) is 0 Å². The van der Waals surface area contributed by atoms with Crippen molar-refractivity contribution in [2.24, 2.45) is 0 Å². The number of halogens is 1. The average Bonchev–Trinajstić information content (AvgIpc) is 2.48. The highest BCUT2D eigenvalue weighted by Crippen LogP contribution is 2.13. The van der Waals surface area contributed by atoms with Crippen molar-refractivity contribution < 1.29 is 9.90 Å². The monoisotopic (exact) mass is 241 g/mol. The Morgan fingerprint density at radius 2 is 2.38 bits per heavy atom. The molecule has 0 aliphatic heterocycles. The predicted octanol–water partition coefficient (Wildman–Crippen LogP) is 1.19. The van der Waals surface area contributed by atoms with Crippen LogP contribution in [-0.2, 0) is 0 Å². The molecular weight excluding hydrogens is 238 g/mol. The minimum Gasteiger partial charge on any atom is -0.477 e. The summed E-state index contributed by atoms with van der Waals surface area (Å²) < 4.78 is 2.09. The summed E-state index contributed by atoms with van der Waals surface area (Å²) in [7, 11) is 0. The third-order valence-corrected chi connectivity index (χ3v) is 2.19. The molecule has 2 rings (SSSR count). The first-order valence-electron chi connectivity index (χ1n) is 3.41. The number of rotatable bonds is 1. The van der Waals surface area contributed by atoms with Crippen LogP contribution in [0.25, 0.3) is 5.65 Å². The van der Waals surface area contributed by atoms with E-state index in [0.29, 0.717) is 10.3 Å². The summed E-state index contributed by atoms with van der Waals surface area (Å²) in [4.78, 5) is 14.6. The van der Waals surface area contributed by atoms with Gasteiger partial charge in [-0.15, -0.1) is 0 Å². The van der Waals surface area contributed by atoms with E-state index in [0.717, 1.165) is 0 Å². The van der Waals surface area contributed by atoms with Gasteiger partial charge in [0.2, 0.25) is 0 Å². The number of carbonyl (C=O) groups is 1. The molecule has 0 aliphatic carbocycles. The Morgan fingerprint density at radius 3 is 3.08 bits per heavy atom. The summed E-state index contributed by atoms with van der Waals surface area (Å²) in [5, 5.41) is 12.6. The molecule has 0 saturated carbocycles. The van der Waals surface area contributed by atoms with Crippen LogP contribution in [0.3, 0.4) is 0 Å². The van der Waals surface area contributed by atoms with E-state index >= 15 is 0 Å². The van der Waals surface area contributed by atoms with E-state index in [1.807, 2.05) is 0 Å². The zero-order valence-electron chi connectivity index (χ0n) is 6.31. The van der Waals surface area contributed by atoms with Gasteiger partial charge in [0.1, 0.15) is 10.2 Å². The second kappa shape index (κ2) is 2.81. The first kappa shape index (κ1) is 8.18. The smallest absolute Gasteiger partial charge is 0.341 e. The highest BCUT2D eigenvalue weighted by Gasteiger charge is 2.12. The molecule has 2 aromatic heterocycles. The topological polar surface area (TPSA) is 67.5 Å². The van der Waals surface area contributed by atoms with Gasteiger partial charge < -0.3 is 5.11 Å². The number of hydrogen-bond acceptors (Lipinski definition) is 3. The predicted molar refractivity (Wildman–Crippen MR) is 47.6 cm³/mol. The summed E-state index contributed by atoms with van der Waals surface area (Å²) in [5.74, 6) is -1.03. The molecule has 2 heterocycles. The van der Waals surface area contributed by atoms with Crippen LogP contribution in [-0.4, -0.2) is 25.7 Å². The Bertz CT molecular complexity index is 480. The van der Waals surface area contributed by atoms with Gasteiger partial charge in [-0.1, -0.05) is 0 Å². The maximum absolute atomic E-state index is 10.7. The molecule has 0 aromatic carbocycles. The van der Waals surface area contributed by atoms with E-state index < -0.39 is 5.97 Å². The van der Waals surface area contributed by atoms with Gasteiger partial charge in [-0.05, 0) is 22.0 Å². The van der Waals surface area contributed by atoms with Crippen molar-refractivity contribution in [1.82, 2.24) is 14.6 Å². The summed E-state index contributed by atoms with van der Waals surface area (Å²) in [6.07, 6.45) is 2.79. The number of aromatic carboxylic acids is 1. The maximum atomic E-state index is 10.7. The minimum atomic E-state index is -1.03. The fourth-order valence-corrected chi connectivity index (χ4v) is 1.39. The van der Waals surface area contributed by atoms with Crippen LogP contribution in [0.15, 0.2) is 23.1 Å². The van der Waals surface area contributed by atoms with E-state index in [2.05, 4.69) is 26.0 Å².